The standard InChI is InChI=1S/C18H32N4O3.HI/c1-4-5-11-24-12-7-10-21-18(19-2)22-15-16-8-6-9-20-17(16)25-14-13-23-3;/h6,8-9H,4-5,7,10-15H2,1-3H3,(H2,19,21,22);1H. The molecule has 0 radical (unpaired) electrons. The molecule has 7 nitrogen and oxygen atoms in total. The first-order valence-corrected chi connectivity index (χ1v) is 8.89. The summed E-state index contributed by atoms with van der Waals surface area (Å²) in [6, 6.07) is 3.88. The van der Waals surface area contributed by atoms with Crippen LogP contribution >= 0.6 is 24.0 Å². The third-order valence-corrected chi connectivity index (χ3v) is 3.45. The molecule has 2 N–H and O–H groups in total. The number of nitrogens with zero attached hydrogens (tertiary/aromatic N) is 2. The van der Waals surface area contributed by atoms with Crippen molar-refractivity contribution in [3.63, 3.8) is 0 Å². The minimum atomic E-state index is 0. The molecule has 0 unspecified atom stereocenters. The molecule has 1 rings (SSSR count). The Balaban J connectivity index is 0.00000625. The van der Waals surface area contributed by atoms with E-state index >= 15 is 0 Å². The molecule has 0 atom stereocenters. The van der Waals surface area contributed by atoms with Crippen LogP contribution in [0.15, 0.2) is 23.3 Å². The molecule has 0 aliphatic rings. The smallest absolute Gasteiger partial charge is 0.218 e. The van der Waals surface area contributed by atoms with E-state index in [4.69, 9.17) is 14.2 Å². The Morgan fingerprint density at radius 2 is 1.96 bits per heavy atom. The summed E-state index contributed by atoms with van der Waals surface area (Å²) in [6.07, 6.45) is 4.96. The van der Waals surface area contributed by atoms with Crippen molar-refractivity contribution in [2.45, 2.75) is 32.7 Å². The molecule has 0 saturated carbocycles. The number of hydrogen-bond acceptors (Lipinski definition) is 5. The maximum Gasteiger partial charge on any atom is 0.218 e. The summed E-state index contributed by atoms with van der Waals surface area (Å²) >= 11 is 0. The van der Waals surface area contributed by atoms with Crippen LogP contribution in [0, 0.1) is 0 Å². The van der Waals surface area contributed by atoms with Crippen LogP contribution in [0.3, 0.4) is 0 Å². The minimum Gasteiger partial charge on any atom is -0.475 e. The zero-order valence-corrected chi connectivity index (χ0v) is 18.5. The highest BCUT2D eigenvalue weighted by Crippen LogP contribution is 2.13. The topological polar surface area (TPSA) is 77.0 Å². The van der Waals surface area contributed by atoms with Crippen molar-refractivity contribution in [2.75, 3.05) is 47.1 Å². The highest BCUT2D eigenvalue weighted by atomic mass is 127. The summed E-state index contributed by atoms with van der Waals surface area (Å²) in [7, 11) is 3.40. The largest absolute Gasteiger partial charge is 0.475 e. The average molecular weight is 480 g/mol. The van der Waals surface area contributed by atoms with E-state index in [0.717, 1.165) is 44.1 Å². The fourth-order valence-electron chi connectivity index (χ4n) is 2.04. The van der Waals surface area contributed by atoms with E-state index in [1.54, 1.807) is 20.4 Å². The fourth-order valence-corrected chi connectivity index (χ4v) is 2.04. The number of ether oxygens (including phenoxy) is 3. The van der Waals surface area contributed by atoms with E-state index in [9.17, 15) is 0 Å². The molecule has 0 saturated heterocycles. The molecule has 1 aromatic heterocycles. The van der Waals surface area contributed by atoms with Gasteiger partial charge in [-0.3, -0.25) is 4.99 Å². The molecule has 0 amide bonds. The van der Waals surface area contributed by atoms with E-state index in [2.05, 4.69) is 27.5 Å². The molecule has 1 aromatic rings. The third-order valence-electron chi connectivity index (χ3n) is 3.45. The summed E-state index contributed by atoms with van der Waals surface area (Å²) in [5, 5.41) is 6.55. The first kappa shape index (κ1) is 24.9. The zero-order valence-electron chi connectivity index (χ0n) is 16.1. The van der Waals surface area contributed by atoms with Gasteiger partial charge in [0, 0.05) is 52.2 Å². The maximum absolute atomic E-state index is 5.64. The van der Waals surface area contributed by atoms with Crippen molar-refractivity contribution in [2.24, 2.45) is 4.99 Å². The molecule has 150 valence electrons. The van der Waals surface area contributed by atoms with Crippen LogP contribution in [0.5, 0.6) is 5.88 Å². The van der Waals surface area contributed by atoms with E-state index in [0.29, 0.717) is 25.6 Å². The van der Waals surface area contributed by atoms with Gasteiger partial charge >= 0.3 is 0 Å². The first-order chi connectivity index (χ1) is 12.3. The first-order valence-electron chi connectivity index (χ1n) is 8.89. The molecular weight excluding hydrogens is 447 g/mol. The predicted octanol–water partition coefficient (Wildman–Crippen LogP) is 2.60. The Morgan fingerprint density at radius 3 is 2.69 bits per heavy atom. The lowest BCUT2D eigenvalue weighted by Gasteiger charge is -2.14. The monoisotopic (exact) mass is 480 g/mol. The molecular formula is C18H33IN4O3. The van der Waals surface area contributed by atoms with Crippen molar-refractivity contribution in [1.29, 1.82) is 0 Å². The minimum absolute atomic E-state index is 0. The normalized spacial score (nSPS) is 11.0. The van der Waals surface area contributed by atoms with Gasteiger partial charge in [0.25, 0.3) is 0 Å². The number of aromatic nitrogens is 1. The molecule has 0 spiro atoms. The van der Waals surface area contributed by atoms with E-state index in [1.807, 2.05) is 12.1 Å². The van der Waals surface area contributed by atoms with Crippen molar-refractivity contribution in [1.82, 2.24) is 15.6 Å². The molecule has 0 aliphatic carbocycles. The molecule has 0 bridgehead atoms. The van der Waals surface area contributed by atoms with Crippen molar-refractivity contribution < 1.29 is 14.2 Å². The Labute approximate surface area is 174 Å². The highest BCUT2D eigenvalue weighted by molar-refractivity contribution is 14.0. The predicted molar refractivity (Wildman–Crippen MR) is 116 cm³/mol. The lowest BCUT2D eigenvalue weighted by atomic mass is 10.2. The van der Waals surface area contributed by atoms with Gasteiger partial charge in [0.05, 0.1) is 6.61 Å². The SMILES string of the molecule is CCCCOCCCNC(=NC)NCc1cccnc1OCCOC.I. The third kappa shape index (κ3) is 11.5. The van der Waals surface area contributed by atoms with Crippen LogP contribution in [0.2, 0.25) is 0 Å². The number of hydrogen-bond donors (Lipinski definition) is 2. The van der Waals surface area contributed by atoms with Crippen LogP contribution in [0.25, 0.3) is 0 Å². The lowest BCUT2D eigenvalue weighted by molar-refractivity contribution is 0.129. The van der Waals surface area contributed by atoms with Gasteiger partial charge in [0.1, 0.15) is 6.61 Å². The lowest BCUT2D eigenvalue weighted by Crippen LogP contribution is -2.37. The second kappa shape index (κ2) is 17.3. The fraction of sp³-hybridized carbons (Fsp3) is 0.667. The van der Waals surface area contributed by atoms with Gasteiger partial charge in [-0.25, -0.2) is 4.98 Å². The number of aliphatic imine (C=N–C) groups is 1. The van der Waals surface area contributed by atoms with Gasteiger partial charge in [-0.05, 0) is 18.9 Å². The Morgan fingerprint density at radius 1 is 1.15 bits per heavy atom. The Hall–Kier alpha value is -1.13. The van der Waals surface area contributed by atoms with Crippen molar-refractivity contribution in [3.05, 3.63) is 23.9 Å². The Kier molecular flexibility index (Phi) is 16.5. The van der Waals surface area contributed by atoms with Crippen LogP contribution < -0.4 is 15.4 Å². The number of methoxy groups -OCH3 is 1. The van der Waals surface area contributed by atoms with E-state index < -0.39 is 0 Å². The van der Waals surface area contributed by atoms with E-state index in [1.165, 1.54) is 6.42 Å². The van der Waals surface area contributed by atoms with Gasteiger partial charge in [-0.1, -0.05) is 19.4 Å². The quantitative estimate of drug-likeness (QED) is 0.196. The van der Waals surface area contributed by atoms with Gasteiger partial charge in [-0.2, -0.15) is 0 Å². The highest BCUT2D eigenvalue weighted by Gasteiger charge is 2.06. The average Bonchev–Trinajstić information content (AvgIpc) is 2.64. The van der Waals surface area contributed by atoms with Gasteiger partial charge in [0.15, 0.2) is 5.96 Å². The second-order valence-electron chi connectivity index (χ2n) is 5.48. The number of unbranched alkanes of at least 4 members (excludes halogenated alkanes) is 1. The summed E-state index contributed by atoms with van der Waals surface area (Å²) in [5.74, 6) is 1.37. The van der Waals surface area contributed by atoms with Gasteiger partial charge < -0.3 is 24.8 Å². The second-order valence-corrected chi connectivity index (χ2v) is 5.48. The number of rotatable bonds is 13. The van der Waals surface area contributed by atoms with Crippen LogP contribution in [-0.2, 0) is 16.0 Å². The number of nitrogens with one attached hydrogen (secondary N) is 2. The van der Waals surface area contributed by atoms with Crippen LogP contribution in [0.1, 0.15) is 31.7 Å². The maximum atomic E-state index is 5.64. The molecule has 0 aliphatic heterocycles. The summed E-state index contributed by atoms with van der Waals surface area (Å²) < 4.78 is 16.2. The van der Waals surface area contributed by atoms with Gasteiger partial charge in [0.2, 0.25) is 5.88 Å². The molecule has 8 heteroatoms. The van der Waals surface area contributed by atoms with Gasteiger partial charge in [-0.15, -0.1) is 24.0 Å². The molecule has 0 aromatic carbocycles. The number of halogens is 1. The van der Waals surface area contributed by atoms with Crippen LogP contribution in [0.4, 0.5) is 0 Å². The number of guanidine groups is 1. The van der Waals surface area contributed by atoms with Crippen molar-refractivity contribution >= 4 is 29.9 Å². The zero-order chi connectivity index (χ0) is 18.2. The summed E-state index contributed by atoms with van der Waals surface area (Å²) in [4.78, 5) is 8.50. The molecule has 0 fully saturated rings. The molecule has 26 heavy (non-hydrogen) atoms. The molecule has 1 heterocycles. The van der Waals surface area contributed by atoms with Crippen molar-refractivity contribution in [3.8, 4) is 5.88 Å². The van der Waals surface area contributed by atoms with Crippen LogP contribution in [-0.4, -0.2) is 58.1 Å². The summed E-state index contributed by atoms with van der Waals surface area (Å²) in [5.41, 5.74) is 0.976. The van der Waals surface area contributed by atoms with E-state index in [-0.39, 0.29) is 24.0 Å². The number of pyridine rings is 1. The Bertz CT molecular complexity index is 489. The summed E-state index contributed by atoms with van der Waals surface area (Å²) in [6.45, 7) is 6.19.